The number of halogens is 1. The number of amides is 4. The SMILES string of the molecule is C=CC1CC1(NC(O)C1CC(OC(=O)N2Cc3cccc(F)c3C2)CN1C(=O)C(CN)NC(=O)OC(C)(C)C)C(=O)NS(=O)(=O)C1CC1. The Hall–Kier alpha value is -3.80. The number of nitrogens with zero attached hydrogens (tertiary/aromatic N) is 2. The van der Waals surface area contributed by atoms with Crippen molar-refractivity contribution in [3.63, 3.8) is 0 Å². The fourth-order valence-corrected chi connectivity index (χ4v) is 7.53. The van der Waals surface area contributed by atoms with E-state index in [1.54, 1.807) is 32.9 Å². The Labute approximate surface area is 278 Å². The number of alkyl carbamates (subject to hydrolysis) is 1. The van der Waals surface area contributed by atoms with Gasteiger partial charge >= 0.3 is 12.2 Å². The minimum absolute atomic E-state index is 0.0107. The maximum absolute atomic E-state index is 14.3. The van der Waals surface area contributed by atoms with Crippen molar-refractivity contribution < 1.29 is 46.6 Å². The number of aliphatic hydroxyl groups excluding tert-OH is 1. The summed E-state index contributed by atoms with van der Waals surface area (Å²) in [5.74, 6) is -2.54. The molecule has 1 saturated heterocycles. The molecule has 4 aliphatic rings. The summed E-state index contributed by atoms with van der Waals surface area (Å²) < 4.78 is 52.5. The molecule has 2 aliphatic heterocycles. The van der Waals surface area contributed by atoms with Gasteiger partial charge in [0.25, 0.3) is 5.91 Å². The molecule has 0 radical (unpaired) electrons. The first-order chi connectivity index (χ1) is 22.5. The van der Waals surface area contributed by atoms with Gasteiger partial charge in [0, 0.05) is 31.0 Å². The zero-order valence-electron chi connectivity index (χ0n) is 27.1. The lowest BCUT2D eigenvalue weighted by Gasteiger charge is -2.33. The molecule has 1 aromatic carbocycles. The number of aliphatic hydroxyl groups is 1. The van der Waals surface area contributed by atoms with Crippen LogP contribution in [0, 0.1) is 11.7 Å². The maximum Gasteiger partial charge on any atom is 0.410 e. The monoisotopic (exact) mass is 694 g/mol. The number of fused-ring (bicyclic) bond motifs is 1. The van der Waals surface area contributed by atoms with Gasteiger partial charge in [-0.1, -0.05) is 18.2 Å². The molecule has 15 nitrogen and oxygen atoms in total. The zero-order valence-corrected chi connectivity index (χ0v) is 27.9. The van der Waals surface area contributed by atoms with Crippen molar-refractivity contribution in [2.45, 2.75) is 100 Å². The fourth-order valence-electron chi connectivity index (χ4n) is 6.17. The van der Waals surface area contributed by atoms with E-state index < -0.39 is 86.6 Å². The van der Waals surface area contributed by atoms with E-state index in [9.17, 15) is 37.1 Å². The van der Waals surface area contributed by atoms with Crippen LogP contribution in [0.15, 0.2) is 30.9 Å². The molecule has 6 unspecified atom stereocenters. The fraction of sp³-hybridized carbons (Fsp3) is 0.613. The summed E-state index contributed by atoms with van der Waals surface area (Å²) >= 11 is 0. The van der Waals surface area contributed by atoms with Gasteiger partial charge in [0.15, 0.2) is 0 Å². The van der Waals surface area contributed by atoms with Crippen LogP contribution in [-0.2, 0) is 42.2 Å². The average Bonchev–Trinajstić information content (AvgIpc) is 3.89. The number of carbonyl (C=O) groups is 4. The van der Waals surface area contributed by atoms with Gasteiger partial charge in [0.05, 0.1) is 24.4 Å². The topological polar surface area (TPSA) is 210 Å². The summed E-state index contributed by atoms with van der Waals surface area (Å²) in [6, 6.07) is 2.15. The molecule has 5 rings (SSSR count). The lowest BCUT2D eigenvalue weighted by molar-refractivity contribution is -0.137. The molecule has 6 atom stereocenters. The van der Waals surface area contributed by atoms with Crippen molar-refractivity contribution in [3.05, 3.63) is 47.8 Å². The summed E-state index contributed by atoms with van der Waals surface area (Å²) in [5.41, 5.74) is 4.48. The summed E-state index contributed by atoms with van der Waals surface area (Å²) in [6.07, 6.45) is -1.85. The van der Waals surface area contributed by atoms with E-state index in [0.717, 1.165) is 0 Å². The summed E-state index contributed by atoms with van der Waals surface area (Å²) in [4.78, 5) is 55.4. The Kier molecular flexibility index (Phi) is 9.80. The van der Waals surface area contributed by atoms with E-state index >= 15 is 0 Å². The zero-order chi connectivity index (χ0) is 35.2. The molecule has 2 saturated carbocycles. The molecule has 0 aromatic heterocycles. The first-order valence-corrected chi connectivity index (χ1v) is 17.4. The van der Waals surface area contributed by atoms with Gasteiger partial charge in [-0.15, -0.1) is 6.58 Å². The van der Waals surface area contributed by atoms with Crippen LogP contribution in [0.3, 0.4) is 0 Å². The third-order valence-corrected chi connectivity index (χ3v) is 10.8. The molecule has 17 heteroatoms. The maximum atomic E-state index is 14.3. The molecule has 6 N–H and O–H groups in total. The minimum Gasteiger partial charge on any atom is -0.444 e. The van der Waals surface area contributed by atoms with E-state index in [0.29, 0.717) is 24.0 Å². The van der Waals surface area contributed by atoms with Gasteiger partial charge in [0.2, 0.25) is 15.9 Å². The predicted octanol–water partition coefficient (Wildman–Crippen LogP) is 0.561. The summed E-state index contributed by atoms with van der Waals surface area (Å²) in [5, 5.41) is 16.1. The van der Waals surface area contributed by atoms with Crippen molar-refractivity contribution in [1.29, 1.82) is 0 Å². The second kappa shape index (κ2) is 13.2. The highest BCUT2D eigenvalue weighted by Crippen LogP contribution is 2.46. The normalized spacial score (nSPS) is 26.2. The first kappa shape index (κ1) is 35.5. The molecule has 2 heterocycles. The second-order valence-corrected chi connectivity index (χ2v) is 15.7. The van der Waals surface area contributed by atoms with Crippen LogP contribution in [0.25, 0.3) is 0 Å². The number of nitrogens with two attached hydrogens (primary N) is 1. The highest BCUT2D eigenvalue weighted by Gasteiger charge is 2.61. The van der Waals surface area contributed by atoms with Crippen LogP contribution in [0.5, 0.6) is 0 Å². The van der Waals surface area contributed by atoms with Crippen LogP contribution in [0.2, 0.25) is 0 Å². The smallest absolute Gasteiger partial charge is 0.410 e. The van der Waals surface area contributed by atoms with E-state index in [1.165, 1.54) is 21.9 Å². The standard InChI is InChI=1S/C31H43FN6O9S/c1-5-18-12-31(18,27(41)36-48(44,45)20-9-10-20)35-25(39)24-11-19(46-29(43)37-14-17-7-6-8-22(32)21(17)16-37)15-38(24)26(40)23(13-33)34-28(42)47-30(2,3)4/h5-8,18-20,23-25,35,39H,1,9-16,33H2,2-4H3,(H,34,42)(H,36,41). The van der Waals surface area contributed by atoms with E-state index in [-0.39, 0.29) is 39.0 Å². The van der Waals surface area contributed by atoms with Crippen molar-refractivity contribution in [2.75, 3.05) is 13.1 Å². The molecule has 1 aromatic rings. The number of hydrogen-bond acceptors (Lipinski definition) is 11. The second-order valence-electron chi connectivity index (χ2n) is 13.7. The Morgan fingerprint density at radius 2 is 1.94 bits per heavy atom. The molecule has 0 spiro atoms. The number of hydrogen-bond donors (Lipinski definition) is 5. The van der Waals surface area contributed by atoms with Crippen molar-refractivity contribution >= 4 is 34.0 Å². The number of nitrogens with one attached hydrogen (secondary N) is 3. The van der Waals surface area contributed by atoms with Gasteiger partial charge in [-0.25, -0.2) is 22.4 Å². The highest BCUT2D eigenvalue weighted by molar-refractivity contribution is 7.91. The molecule has 4 amide bonds. The largest absolute Gasteiger partial charge is 0.444 e. The number of sulfonamides is 1. The van der Waals surface area contributed by atoms with Crippen LogP contribution < -0.4 is 21.1 Å². The van der Waals surface area contributed by atoms with Gasteiger partial charge < -0.3 is 30.5 Å². The van der Waals surface area contributed by atoms with Crippen LogP contribution >= 0.6 is 0 Å². The number of carbonyl (C=O) groups excluding carboxylic acids is 4. The Morgan fingerprint density at radius 1 is 1.23 bits per heavy atom. The molecule has 3 fully saturated rings. The van der Waals surface area contributed by atoms with Crippen molar-refractivity contribution in [2.24, 2.45) is 11.7 Å². The lowest BCUT2D eigenvalue weighted by atomic mass is 10.1. The molecular weight excluding hydrogens is 651 g/mol. The number of ether oxygens (including phenoxy) is 2. The van der Waals surface area contributed by atoms with E-state index in [1.807, 2.05) is 0 Å². The summed E-state index contributed by atoms with van der Waals surface area (Å²) in [7, 11) is -3.90. The van der Waals surface area contributed by atoms with Crippen molar-refractivity contribution in [1.82, 2.24) is 25.2 Å². The Balaban J connectivity index is 1.33. The minimum atomic E-state index is -3.90. The molecule has 264 valence electrons. The van der Waals surface area contributed by atoms with Gasteiger partial charge in [-0.2, -0.15) is 0 Å². The Bertz CT molecular complexity index is 1580. The Morgan fingerprint density at radius 3 is 2.52 bits per heavy atom. The number of likely N-dealkylation sites (tertiary alicyclic amines) is 1. The number of benzene rings is 1. The van der Waals surface area contributed by atoms with Crippen LogP contribution in [0.1, 0.15) is 57.6 Å². The molecule has 0 bridgehead atoms. The van der Waals surface area contributed by atoms with Crippen LogP contribution in [-0.4, -0.2) is 101 Å². The predicted molar refractivity (Wildman–Crippen MR) is 169 cm³/mol. The quantitative estimate of drug-likeness (QED) is 0.160. The third kappa shape index (κ3) is 7.58. The van der Waals surface area contributed by atoms with E-state index in [2.05, 4.69) is 21.9 Å². The highest BCUT2D eigenvalue weighted by atomic mass is 32.2. The molecule has 48 heavy (non-hydrogen) atoms. The van der Waals surface area contributed by atoms with Gasteiger partial charge in [-0.3, -0.25) is 24.5 Å². The average molecular weight is 695 g/mol. The van der Waals surface area contributed by atoms with E-state index in [4.69, 9.17) is 15.2 Å². The van der Waals surface area contributed by atoms with Crippen molar-refractivity contribution in [3.8, 4) is 0 Å². The molecule has 2 aliphatic carbocycles. The third-order valence-electron chi connectivity index (χ3n) is 8.94. The summed E-state index contributed by atoms with van der Waals surface area (Å²) in [6.45, 7) is 8.21. The number of rotatable bonds is 11. The lowest BCUT2D eigenvalue weighted by Crippen LogP contribution is -2.61. The van der Waals surface area contributed by atoms with Crippen LogP contribution in [0.4, 0.5) is 14.0 Å². The first-order valence-electron chi connectivity index (χ1n) is 15.8. The van der Waals surface area contributed by atoms with Gasteiger partial charge in [-0.05, 0) is 51.7 Å². The molecular formula is C31H43FN6O9S. The van der Waals surface area contributed by atoms with Gasteiger partial charge in [0.1, 0.15) is 35.3 Å².